The highest BCUT2D eigenvalue weighted by Crippen LogP contribution is 2.37. The number of ether oxygens (including phenoxy) is 6. The number of morpholine rings is 3. The molecule has 3 aliphatic heterocycles. The first-order chi connectivity index (χ1) is 56.3. The van der Waals surface area contributed by atoms with Gasteiger partial charge in [-0.1, -0.05) is 188 Å². The summed E-state index contributed by atoms with van der Waals surface area (Å²) in [7, 11) is 0. The molecule has 0 saturated carbocycles. The number of amides is 6. The van der Waals surface area contributed by atoms with Gasteiger partial charge in [-0.15, -0.1) is 0 Å². The van der Waals surface area contributed by atoms with Gasteiger partial charge in [-0.05, 0) is 93.6 Å². The number of fused-ring (bicyclic) bond motifs is 3. The number of aromatic nitrogens is 6. The summed E-state index contributed by atoms with van der Waals surface area (Å²) in [6, 6.07) is 64.3. The maximum Gasteiger partial charge on any atom is 0.324 e. The van der Waals surface area contributed by atoms with Crippen molar-refractivity contribution in [2.75, 3.05) is 150 Å². The molecule has 0 atom stereocenters. The molecular weight excluding hydrogens is 1470 g/mol. The number of nitrogens with one attached hydrogen (secondary N) is 6. The SMILES string of the molecule is Cc1ccc(-n2nc(C(C)(C)C)cc2NC(=O)Nc2ccc(OCCN3CCOCC3)c3ccccc23)cc1.Cc1ccc(-n2nc(C(C)(C)C)cc2NC(=O)Nc2ccc(OCCN3CCOCC3)c3ccccc23)cc1.Cc1ccc(-n2nc(C(C)(C)C)cc2NC(=O)Nc2ccc(OCCN3CCOCC3)c3ccccc23)cc1. The Labute approximate surface area is 686 Å². The molecule has 3 saturated heterocycles. The Morgan fingerprint density at radius 1 is 0.325 bits per heavy atom. The van der Waals surface area contributed by atoms with Crippen LogP contribution < -0.4 is 46.1 Å². The van der Waals surface area contributed by atoms with Crippen LogP contribution in [0.2, 0.25) is 0 Å². The second-order valence-corrected chi connectivity index (χ2v) is 32.9. The lowest BCUT2D eigenvalue weighted by Crippen LogP contribution is -2.38. The van der Waals surface area contributed by atoms with Crippen LogP contribution in [-0.4, -0.2) is 180 Å². The van der Waals surface area contributed by atoms with Gasteiger partial charge in [0.25, 0.3) is 0 Å². The molecule has 6 N–H and O–H groups in total. The molecule has 12 aromatic rings. The van der Waals surface area contributed by atoms with Crippen molar-refractivity contribution < 1.29 is 42.8 Å². The van der Waals surface area contributed by atoms with Crippen molar-refractivity contribution in [2.45, 2.75) is 99.3 Å². The number of rotatable bonds is 21. The summed E-state index contributed by atoms with van der Waals surface area (Å²) in [6.07, 6.45) is 0. The third kappa shape index (κ3) is 22.1. The number of hydrogen-bond acceptors (Lipinski definition) is 15. The van der Waals surface area contributed by atoms with E-state index >= 15 is 0 Å². The molecule has 0 unspecified atom stereocenters. The zero-order chi connectivity index (χ0) is 82.2. The fraction of sp³-hybridized carbons (Fsp3) is 0.355. The number of benzene rings is 9. The first kappa shape index (κ1) is 83.3. The predicted molar refractivity (Wildman–Crippen MR) is 469 cm³/mol. The molecule has 117 heavy (non-hydrogen) atoms. The molecule has 3 fully saturated rings. The van der Waals surface area contributed by atoms with Crippen LogP contribution in [0, 0.1) is 20.8 Å². The van der Waals surface area contributed by atoms with E-state index in [1.807, 2.05) is 221 Å². The molecule has 6 amide bonds. The average Bonchev–Trinajstić information content (AvgIpc) is 1.61. The maximum absolute atomic E-state index is 13.2. The molecule has 0 spiro atoms. The van der Waals surface area contributed by atoms with Gasteiger partial charge in [0.2, 0.25) is 0 Å². The average molecular weight is 1580 g/mol. The topological polar surface area (TPSA) is 242 Å². The number of aryl methyl sites for hydroxylation is 3. The van der Waals surface area contributed by atoms with E-state index in [9.17, 15) is 14.4 Å². The molecule has 15 rings (SSSR count). The summed E-state index contributed by atoms with van der Waals surface area (Å²) in [5, 5.41) is 38.2. The molecule has 3 aliphatic rings. The molecule has 0 radical (unpaired) electrons. The van der Waals surface area contributed by atoms with Crippen LogP contribution in [0.25, 0.3) is 49.4 Å². The quantitative estimate of drug-likeness (QED) is 0.0392. The van der Waals surface area contributed by atoms with E-state index in [-0.39, 0.29) is 34.3 Å². The predicted octanol–water partition coefficient (Wildman–Crippen LogP) is 18.0. The van der Waals surface area contributed by atoms with Gasteiger partial charge >= 0.3 is 18.1 Å². The molecule has 612 valence electrons. The van der Waals surface area contributed by atoms with E-state index in [1.165, 1.54) is 0 Å². The minimum absolute atomic E-state index is 0.170. The van der Waals surface area contributed by atoms with E-state index in [2.05, 4.69) is 109 Å². The van der Waals surface area contributed by atoms with Crippen molar-refractivity contribution in [3.05, 3.63) is 234 Å². The monoisotopic (exact) mass is 1580 g/mol. The van der Waals surface area contributed by atoms with E-state index < -0.39 is 0 Å². The highest BCUT2D eigenvalue weighted by molar-refractivity contribution is 6.10. The fourth-order valence-electron chi connectivity index (χ4n) is 13.8. The standard InChI is InChI=1S/3C31H37N5O3/c3*1-22-9-11-23(12-10-22)36-29(21-28(34-36)31(2,3)4)33-30(37)32-26-13-14-27(25-8-6-5-7-24(25)26)39-20-17-35-15-18-38-19-16-35/h3*5-14,21H,15-20H2,1-4H3,(H2,32,33,37). The van der Waals surface area contributed by atoms with Crippen molar-refractivity contribution in [3.63, 3.8) is 0 Å². The smallest absolute Gasteiger partial charge is 0.324 e. The van der Waals surface area contributed by atoms with Crippen molar-refractivity contribution in [2.24, 2.45) is 0 Å². The van der Waals surface area contributed by atoms with Gasteiger partial charge in [0.1, 0.15) is 54.5 Å². The molecule has 6 heterocycles. The highest BCUT2D eigenvalue weighted by atomic mass is 16.5. The van der Waals surface area contributed by atoms with Gasteiger partial charge in [-0.25, -0.2) is 28.4 Å². The van der Waals surface area contributed by atoms with Gasteiger partial charge in [-0.3, -0.25) is 30.7 Å². The van der Waals surface area contributed by atoms with Crippen LogP contribution in [0.3, 0.4) is 0 Å². The molecule has 24 nitrogen and oxygen atoms in total. The van der Waals surface area contributed by atoms with Gasteiger partial charge in [0.05, 0.1) is 90.8 Å². The number of nitrogens with zero attached hydrogens (tertiary/aromatic N) is 9. The largest absolute Gasteiger partial charge is 0.492 e. The van der Waals surface area contributed by atoms with Gasteiger partial charge in [0, 0.05) is 126 Å². The Hall–Kier alpha value is -11.6. The summed E-state index contributed by atoms with van der Waals surface area (Å²) < 4.78 is 40.1. The first-order valence-electron chi connectivity index (χ1n) is 40.4. The van der Waals surface area contributed by atoms with E-state index in [0.717, 1.165) is 199 Å². The summed E-state index contributed by atoms with van der Waals surface area (Å²) >= 11 is 0. The van der Waals surface area contributed by atoms with E-state index in [0.29, 0.717) is 54.3 Å². The number of anilines is 6. The summed E-state index contributed by atoms with van der Waals surface area (Å²) in [5.41, 5.74) is 10.4. The first-order valence-corrected chi connectivity index (χ1v) is 40.4. The fourth-order valence-corrected chi connectivity index (χ4v) is 13.8. The van der Waals surface area contributed by atoms with Crippen molar-refractivity contribution in [1.82, 2.24) is 44.0 Å². The highest BCUT2D eigenvalue weighted by Gasteiger charge is 2.27. The van der Waals surface area contributed by atoms with Gasteiger partial charge in [-0.2, -0.15) is 15.3 Å². The molecule has 3 aromatic heterocycles. The lowest BCUT2D eigenvalue weighted by atomic mass is 9.92. The minimum Gasteiger partial charge on any atom is -0.492 e. The van der Waals surface area contributed by atoms with Gasteiger partial charge in [0.15, 0.2) is 0 Å². The van der Waals surface area contributed by atoms with Crippen molar-refractivity contribution >= 4 is 84.9 Å². The van der Waals surface area contributed by atoms with Gasteiger partial charge < -0.3 is 44.4 Å². The second kappa shape index (κ2) is 38.0. The van der Waals surface area contributed by atoms with Crippen molar-refractivity contribution in [3.8, 4) is 34.3 Å². The number of carbonyl (C=O) groups is 3. The van der Waals surface area contributed by atoms with Crippen LogP contribution in [0.5, 0.6) is 17.2 Å². The lowest BCUT2D eigenvalue weighted by molar-refractivity contribution is 0.0322. The zero-order valence-electron chi connectivity index (χ0n) is 69.5. The van der Waals surface area contributed by atoms with Crippen LogP contribution in [0.15, 0.2) is 200 Å². The number of urea groups is 3. The Bertz CT molecular complexity index is 4820. The lowest BCUT2D eigenvalue weighted by Gasteiger charge is -2.26. The Kier molecular flexibility index (Phi) is 27.0. The molecule has 24 heteroatoms. The minimum atomic E-state index is -0.338. The molecule has 9 aromatic carbocycles. The molecular formula is C93H111N15O9. The van der Waals surface area contributed by atoms with Crippen LogP contribution in [0.1, 0.15) is 96.1 Å². The van der Waals surface area contributed by atoms with E-state index in [1.54, 1.807) is 14.0 Å². The Balaban J connectivity index is 0.000000152. The van der Waals surface area contributed by atoms with Crippen LogP contribution in [-0.2, 0) is 30.5 Å². The molecule has 0 bridgehead atoms. The van der Waals surface area contributed by atoms with Crippen molar-refractivity contribution in [1.29, 1.82) is 0 Å². The Morgan fingerprint density at radius 2 is 0.564 bits per heavy atom. The summed E-state index contributed by atoms with van der Waals surface area (Å²) in [6.45, 7) is 39.7. The van der Waals surface area contributed by atoms with Crippen LogP contribution in [0.4, 0.5) is 48.9 Å². The third-order valence-electron chi connectivity index (χ3n) is 20.7. The normalized spacial score (nSPS) is 14.4. The van der Waals surface area contributed by atoms with Crippen LogP contribution >= 0.6 is 0 Å². The van der Waals surface area contributed by atoms with E-state index in [4.69, 9.17) is 43.7 Å². The summed E-state index contributed by atoms with van der Waals surface area (Å²) in [5.74, 6) is 4.22. The maximum atomic E-state index is 13.2. The third-order valence-corrected chi connectivity index (χ3v) is 20.7. The summed E-state index contributed by atoms with van der Waals surface area (Å²) in [4.78, 5) is 46.8. The number of carbonyl (C=O) groups excluding carboxylic acids is 3. The number of hydrogen-bond donors (Lipinski definition) is 6. The Morgan fingerprint density at radius 3 is 0.803 bits per heavy atom. The molecule has 0 aliphatic carbocycles. The zero-order valence-corrected chi connectivity index (χ0v) is 69.5. The second-order valence-electron chi connectivity index (χ2n) is 32.9.